The molecule has 1 aromatic rings. The summed E-state index contributed by atoms with van der Waals surface area (Å²) in [4.78, 5) is 0. The lowest BCUT2D eigenvalue weighted by molar-refractivity contribution is 0.179. The lowest BCUT2D eigenvalue weighted by Gasteiger charge is -2.11. The highest BCUT2D eigenvalue weighted by Crippen LogP contribution is 2.09. The van der Waals surface area contributed by atoms with Crippen LogP contribution >= 0.6 is 0 Å². The van der Waals surface area contributed by atoms with E-state index in [2.05, 4.69) is 6.58 Å². The summed E-state index contributed by atoms with van der Waals surface area (Å²) in [5.41, 5.74) is 1.68. The van der Waals surface area contributed by atoms with Crippen molar-refractivity contribution in [2.75, 3.05) is 6.61 Å². The van der Waals surface area contributed by atoms with Crippen molar-refractivity contribution in [3.05, 3.63) is 48.0 Å². The topological polar surface area (TPSA) is 40.5 Å². The smallest absolute Gasteiger partial charge is 0.0772 e. The first-order valence-corrected chi connectivity index (χ1v) is 4.74. The second-order valence-corrected chi connectivity index (χ2v) is 3.36. The maximum Gasteiger partial charge on any atom is 0.0772 e. The molecule has 0 spiro atoms. The van der Waals surface area contributed by atoms with Gasteiger partial charge in [-0.1, -0.05) is 36.9 Å². The average Bonchev–Trinajstić information content (AvgIpc) is 2.26. The first-order valence-electron chi connectivity index (χ1n) is 4.74. The molecule has 0 saturated carbocycles. The summed E-state index contributed by atoms with van der Waals surface area (Å²) in [5.74, 6) is 0. The van der Waals surface area contributed by atoms with E-state index in [4.69, 9.17) is 5.11 Å². The van der Waals surface area contributed by atoms with Gasteiger partial charge in [0.05, 0.1) is 12.7 Å². The van der Waals surface area contributed by atoms with Gasteiger partial charge < -0.3 is 10.2 Å². The molecular weight excluding hydrogens is 176 g/mol. The number of hydrogen-bond acceptors (Lipinski definition) is 2. The summed E-state index contributed by atoms with van der Waals surface area (Å²) in [7, 11) is 0. The largest absolute Gasteiger partial charge is 0.392 e. The zero-order valence-electron chi connectivity index (χ0n) is 8.19. The molecule has 0 amide bonds. The Labute approximate surface area is 84.5 Å². The summed E-state index contributed by atoms with van der Waals surface area (Å²) in [6, 6.07) is 9.96. The number of hydrogen-bond donors (Lipinski definition) is 2. The Hall–Kier alpha value is -1.12. The van der Waals surface area contributed by atoms with Gasteiger partial charge in [0.2, 0.25) is 0 Å². The van der Waals surface area contributed by atoms with Crippen LogP contribution < -0.4 is 0 Å². The second-order valence-electron chi connectivity index (χ2n) is 3.36. The normalized spacial score (nSPS) is 12.4. The van der Waals surface area contributed by atoms with Crippen molar-refractivity contribution < 1.29 is 10.2 Å². The Bertz CT molecular complexity index is 280. The Morgan fingerprint density at radius 1 is 1.29 bits per heavy atom. The minimum atomic E-state index is -0.597. The first kappa shape index (κ1) is 11.0. The van der Waals surface area contributed by atoms with E-state index in [1.54, 1.807) is 0 Å². The molecule has 1 aromatic carbocycles. The third kappa shape index (κ3) is 3.32. The molecule has 0 fully saturated rings. The van der Waals surface area contributed by atoms with Gasteiger partial charge in [-0.15, -0.1) is 0 Å². The average molecular weight is 192 g/mol. The van der Waals surface area contributed by atoms with E-state index in [1.165, 1.54) is 5.56 Å². The van der Waals surface area contributed by atoms with Gasteiger partial charge in [0.1, 0.15) is 0 Å². The molecule has 0 saturated heterocycles. The van der Waals surface area contributed by atoms with Crippen LogP contribution in [0.15, 0.2) is 42.5 Å². The predicted molar refractivity (Wildman–Crippen MR) is 57.0 cm³/mol. The van der Waals surface area contributed by atoms with Gasteiger partial charge in [0.15, 0.2) is 0 Å². The standard InChI is InChI=1S/C12H16O2/c1-10(9-13)12(14)8-7-11-5-3-2-4-6-11/h2-6,12-14H,1,7-9H2. The highest BCUT2D eigenvalue weighted by atomic mass is 16.3. The molecule has 1 atom stereocenters. The van der Waals surface area contributed by atoms with Crippen LogP contribution in [0.5, 0.6) is 0 Å². The van der Waals surface area contributed by atoms with Crippen molar-refractivity contribution in [2.24, 2.45) is 0 Å². The quantitative estimate of drug-likeness (QED) is 0.694. The van der Waals surface area contributed by atoms with E-state index in [9.17, 15) is 5.11 Å². The number of rotatable bonds is 5. The molecule has 0 aliphatic carbocycles. The van der Waals surface area contributed by atoms with E-state index < -0.39 is 6.10 Å². The van der Waals surface area contributed by atoms with Crippen LogP contribution in [0.3, 0.4) is 0 Å². The van der Waals surface area contributed by atoms with Crippen LogP contribution in [-0.2, 0) is 6.42 Å². The molecule has 0 aromatic heterocycles. The predicted octanol–water partition coefficient (Wildman–Crippen LogP) is 1.53. The van der Waals surface area contributed by atoms with Gasteiger partial charge in [-0.3, -0.25) is 0 Å². The third-order valence-corrected chi connectivity index (χ3v) is 2.22. The fourth-order valence-electron chi connectivity index (χ4n) is 1.26. The first-order chi connectivity index (χ1) is 6.74. The molecule has 0 aliphatic rings. The van der Waals surface area contributed by atoms with Gasteiger partial charge in [0.25, 0.3) is 0 Å². The molecule has 0 heterocycles. The minimum Gasteiger partial charge on any atom is -0.392 e. The fourth-order valence-corrected chi connectivity index (χ4v) is 1.26. The zero-order valence-corrected chi connectivity index (χ0v) is 8.19. The number of benzene rings is 1. The maximum absolute atomic E-state index is 9.52. The van der Waals surface area contributed by atoms with Gasteiger partial charge in [0, 0.05) is 0 Å². The van der Waals surface area contributed by atoms with Crippen molar-refractivity contribution in [2.45, 2.75) is 18.9 Å². The van der Waals surface area contributed by atoms with Crippen molar-refractivity contribution in [1.82, 2.24) is 0 Å². The van der Waals surface area contributed by atoms with E-state index in [0.717, 1.165) is 6.42 Å². The van der Waals surface area contributed by atoms with E-state index in [-0.39, 0.29) is 6.61 Å². The second kappa shape index (κ2) is 5.58. The molecule has 2 N–H and O–H groups in total. The van der Waals surface area contributed by atoms with Crippen LogP contribution in [-0.4, -0.2) is 22.9 Å². The molecule has 14 heavy (non-hydrogen) atoms. The van der Waals surface area contributed by atoms with E-state index >= 15 is 0 Å². The molecule has 0 bridgehead atoms. The minimum absolute atomic E-state index is 0.143. The summed E-state index contributed by atoms with van der Waals surface area (Å²) >= 11 is 0. The summed E-state index contributed by atoms with van der Waals surface area (Å²) in [5, 5.41) is 18.3. The van der Waals surface area contributed by atoms with E-state index in [1.807, 2.05) is 30.3 Å². The lowest BCUT2D eigenvalue weighted by Crippen LogP contribution is -2.13. The number of aliphatic hydroxyl groups is 2. The molecule has 1 unspecified atom stereocenters. The summed E-state index contributed by atoms with van der Waals surface area (Å²) < 4.78 is 0. The molecule has 2 heteroatoms. The van der Waals surface area contributed by atoms with Crippen LogP contribution in [0.4, 0.5) is 0 Å². The van der Waals surface area contributed by atoms with Crippen LogP contribution in [0, 0.1) is 0 Å². The summed E-state index contributed by atoms with van der Waals surface area (Å²) in [6.07, 6.45) is 0.824. The number of aliphatic hydroxyl groups excluding tert-OH is 2. The highest BCUT2D eigenvalue weighted by Gasteiger charge is 2.07. The molecule has 1 rings (SSSR count). The molecule has 2 nitrogen and oxygen atoms in total. The lowest BCUT2D eigenvalue weighted by atomic mass is 10.0. The van der Waals surface area contributed by atoms with Gasteiger partial charge >= 0.3 is 0 Å². The monoisotopic (exact) mass is 192 g/mol. The maximum atomic E-state index is 9.52. The Balaban J connectivity index is 2.38. The zero-order chi connectivity index (χ0) is 10.4. The van der Waals surface area contributed by atoms with Gasteiger partial charge in [-0.05, 0) is 24.0 Å². The van der Waals surface area contributed by atoms with Crippen LogP contribution in [0.1, 0.15) is 12.0 Å². The number of aryl methyl sites for hydroxylation is 1. The molecule has 0 radical (unpaired) electrons. The SMILES string of the molecule is C=C(CO)C(O)CCc1ccccc1. The van der Waals surface area contributed by atoms with Crippen molar-refractivity contribution in [3.63, 3.8) is 0 Å². The van der Waals surface area contributed by atoms with Crippen molar-refractivity contribution in [1.29, 1.82) is 0 Å². The van der Waals surface area contributed by atoms with Gasteiger partial charge in [-0.2, -0.15) is 0 Å². The highest BCUT2D eigenvalue weighted by molar-refractivity contribution is 5.15. The fraction of sp³-hybridized carbons (Fsp3) is 0.333. The van der Waals surface area contributed by atoms with Crippen LogP contribution in [0.25, 0.3) is 0 Å². The Morgan fingerprint density at radius 3 is 2.50 bits per heavy atom. The molecular formula is C12H16O2. The van der Waals surface area contributed by atoms with E-state index in [0.29, 0.717) is 12.0 Å². The third-order valence-electron chi connectivity index (χ3n) is 2.22. The Morgan fingerprint density at radius 2 is 1.93 bits per heavy atom. The molecule has 76 valence electrons. The molecule has 0 aliphatic heterocycles. The Kier molecular flexibility index (Phi) is 4.36. The summed E-state index contributed by atoms with van der Waals surface area (Å²) in [6.45, 7) is 3.44. The van der Waals surface area contributed by atoms with Crippen molar-refractivity contribution >= 4 is 0 Å². The van der Waals surface area contributed by atoms with Crippen LogP contribution in [0.2, 0.25) is 0 Å². The van der Waals surface area contributed by atoms with Crippen molar-refractivity contribution in [3.8, 4) is 0 Å². The van der Waals surface area contributed by atoms with Gasteiger partial charge in [-0.25, -0.2) is 0 Å².